The van der Waals surface area contributed by atoms with Crippen molar-refractivity contribution < 1.29 is 23.8 Å². The molecule has 2 heterocycles. The number of fused-ring (bicyclic) bond motifs is 1. The van der Waals surface area contributed by atoms with E-state index in [1.165, 1.54) is 0 Å². The number of alkyl carbamates (subject to hydrolysis) is 1. The zero-order chi connectivity index (χ0) is 18.9. The molecule has 0 saturated carbocycles. The van der Waals surface area contributed by atoms with Crippen LogP contribution in [-0.2, 0) is 11.3 Å². The maximum Gasteiger partial charge on any atom is 0.407 e. The van der Waals surface area contributed by atoms with E-state index in [0.717, 1.165) is 18.5 Å². The van der Waals surface area contributed by atoms with Gasteiger partial charge in [-0.1, -0.05) is 0 Å². The predicted molar refractivity (Wildman–Crippen MR) is 95.9 cm³/mol. The number of carbonyl (C=O) groups is 2. The van der Waals surface area contributed by atoms with Gasteiger partial charge in [-0.25, -0.2) is 4.79 Å². The van der Waals surface area contributed by atoms with Gasteiger partial charge in [0.1, 0.15) is 17.1 Å². The summed E-state index contributed by atoms with van der Waals surface area (Å²) in [6.45, 7) is 7.76. The summed E-state index contributed by atoms with van der Waals surface area (Å²) >= 11 is 0. The number of hydrogen-bond acceptors (Lipinski definition) is 6. The van der Waals surface area contributed by atoms with Gasteiger partial charge in [0.05, 0.1) is 18.2 Å². The normalized spacial score (nSPS) is 19.8. The van der Waals surface area contributed by atoms with Gasteiger partial charge in [0, 0.05) is 25.7 Å². The molecule has 0 aromatic heterocycles. The Bertz CT molecular complexity index is 711. The highest BCUT2D eigenvalue weighted by atomic mass is 16.6. The van der Waals surface area contributed by atoms with Gasteiger partial charge in [-0.05, 0) is 39.3 Å². The fourth-order valence-corrected chi connectivity index (χ4v) is 3.34. The Kier molecular flexibility index (Phi) is 5.09. The molecular weight excluding hydrogens is 336 g/mol. The molecule has 0 bridgehead atoms. The van der Waals surface area contributed by atoms with Crippen molar-refractivity contribution in [2.75, 3.05) is 26.8 Å². The van der Waals surface area contributed by atoms with Gasteiger partial charge >= 0.3 is 6.09 Å². The summed E-state index contributed by atoms with van der Waals surface area (Å²) < 4.78 is 16.4. The molecule has 1 amide bonds. The Morgan fingerprint density at radius 3 is 2.85 bits per heavy atom. The third-order valence-corrected chi connectivity index (χ3v) is 4.46. The molecular formula is C19H26N2O5. The highest BCUT2D eigenvalue weighted by molar-refractivity contribution is 6.03. The number of nitrogens with zero attached hydrogens (tertiary/aromatic N) is 1. The molecule has 0 radical (unpaired) electrons. The number of benzene rings is 1. The van der Waals surface area contributed by atoms with Crippen LogP contribution in [0.4, 0.5) is 4.79 Å². The monoisotopic (exact) mass is 362 g/mol. The average Bonchev–Trinajstić information content (AvgIpc) is 3.13. The van der Waals surface area contributed by atoms with Crippen LogP contribution in [-0.4, -0.2) is 55.2 Å². The summed E-state index contributed by atoms with van der Waals surface area (Å²) in [5, 5.41) is 2.92. The van der Waals surface area contributed by atoms with E-state index in [-0.39, 0.29) is 18.4 Å². The molecule has 2 aliphatic heterocycles. The van der Waals surface area contributed by atoms with Crippen LogP contribution in [0.25, 0.3) is 0 Å². The van der Waals surface area contributed by atoms with Crippen LogP contribution in [0.3, 0.4) is 0 Å². The number of hydrogen-bond donors (Lipinski definition) is 1. The van der Waals surface area contributed by atoms with Gasteiger partial charge in [-0.2, -0.15) is 0 Å². The van der Waals surface area contributed by atoms with E-state index >= 15 is 0 Å². The summed E-state index contributed by atoms with van der Waals surface area (Å²) in [4.78, 5) is 26.1. The van der Waals surface area contributed by atoms with Crippen LogP contribution in [0, 0.1) is 0 Å². The van der Waals surface area contributed by atoms with Crippen molar-refractivity contribution in [2.24, 2.45) is 0 Å². The van der Waals surface area contributed by atoms with Crippen molar-refractivity contribution in [1.82, 2.24) is 10.2 Å². The van der Waals surface area contributed by atoms with Crippen LogP contribution in [0.2, 0.25) is 0 Å². The highest BCUT2D eigenvalue weighted by Crippen LogP contribution is 2.37. The first kappa shape index (κ1) is 18.5. The third-order valence-electron chi connectivity index (χ3n) is 4.46. The average molecular weight is 362 g/mol. The van der Waals surface area contributed by atoms with Crippen molar-refractivity contribution in [3.63, 3.8) is 0 Å². The highest BCUT2D eigenvalue weighted by Gasteiger charge is 2.30. The van der Waals surface area contributed by atoms with Gasteiger partial charge in [-0.3, -0.25) is 9.69 Å². The molecule has 1 saturated heterocycles. The summed E-state index contributed by atoms with van der Waals surface area (Å²) in [6, 6.07) is 3.60. The number of nitrogens with one attached hydrogen (secondary N) is 1. The minimum atomic E-state index is -0.510. The van der Waals surface area contributed by atoms with E-state index in [1.54, 1.807) is 13.2 Å². The number of likely N-dealkylation sites (tertiary alicyclic amines) is 1. The lowest BCUT2D eigenvalue weighted by Gasteiger charge is -2.22. The van der Waals surface area contributed by atoms with Crippen molar-refractivity contribution in [3.05, 3.63) is 23.3 Å². The van der Waals surface area contributed by atoms with Gasteiger partial charge in [0.2, 0.25) is 5.78 Å². The molecule has 2 aliphatic rings. The molecule has 1 unspecified atom stereocenters. The van der Waals surface area contributed by atoms with E-state index in [4.69, 9.17) is 14.2 Å². The Morgan fingerprint density at radius 1 is 1.38 bits per heavy atom. The van der Waals surface area contributed by atoms with Crippen molar-refractivity contribution in [2.45, 2.75) is 45.4 Å². The molecule has 1 atom stereocenters. The molecule has 7 nitrogen and oxygen atoms in total. The number of amides is 1. The predicted octanol–water partition coefficient (Wildman–Crippen LogP) is 2.37. The molecule has 26 heavy (non-hydrogen) atoms. The van der Waals surface area contributed by atoms with Gasteiger partial charge in [0.15, 0.2) is 6.61 Å². The first-order valence-electron chi connectivity index (χ1n) is 8.84. The molecule has 0 spiro atoms. The van der Waals surface area contributed by atoms with Gasteiger partial charge in [0.25, 0.3) is 0 Å². The van der Waals surface area contributed by atoms with Crippen LogP contribution in [0.15, 0.2) is 12.1 Å². The fourth-order valence-electron chi connectivity index (χ4n) is 3.34. The zero-order valence-corrected chi connectivity index (χ0v) is 15.8. The van der Waals surface area contributed by atoms with E-state index in [2.05, 4.69) is 10.2 Å². The molecule has 1 N–H and O–H groups in total. The lowest BCUT2D eigenvalue weighted by Crippen LogP contribution is -2.40. The number of carbonyl (C=O) groups excluding carboxylic acids is 2. The van der Waals surface area contributed by atoms with Gasteiger partial charge < -0.3 is 19.5 Å². The van der Waals surface area contributed by atoms with E-state index in [1.807, 2.05) is 26.8 Å². The first-order valence-corrected chi connectivity index (χ1v) is 8.84. The van der Waals surface area contributed by atoms with E-state index in [0.29, 0.717) is 30.2 Å². The molecule has 1 aromatic rings. The lowest BCUT2D eigenvalue weighted by molar-refractivity contribution is 0.0505. The maximum atomic E-state index is 11.9. The van der Waals surface area contributed by atoms with Crippen molar-refractivity contribution in [1.29, 1.82) is 0 Å². The zero-order valence-electron chi connectivity index (χ0n) is 15.8. The number of rotatable bonds is 4. The molecule has 3 rings (SSSR count). The Labute approximate surface area is 153 Å². The van der Waals surface area contributed by atoms with Crippen LogP contribution in [0.1, 0.15) is 43.1 Å². The fraction of sp³-hybridized carbons (Fsp3) is 0.579. The summed E-state index contributed by atoms with van der Waals surface area (Å²) in [6.07, 6.45) is 0.451. The minimum Gasteiger partial charge on any atom is -0.496 e. The second kappa shape index (κ2) is 7.15. The van der Waals surface area contributed by atoms with E-state index < -0.39 is 11.7 Å². The first-order chi connectivity index (χ1) is 12.3. The van der Waals surface area contributed by atoms with Crippen molar-refractivity contribution >= 4 is 11.9 Å². The number of ketones is 1. The summed E-state index contributed by atoms with van der Waals surface area (Å²) in [5.74, 6) is 1.33. The number of Topliss-reactive ketones (excluding diaryl/α,β-unsaturated/α-hetero) is 1. The number of ether oxygens (including phenoxy) is 3. The maximum absolute atomic E-state index is 11.9. The molecule has 7 heteroatoms. The van der Waals surface area contributed by atoms with Crippen LogP contribution < -0.4 is 14.8 Å². The third kappa shape index (κ3) is 4.09. The Morgan fingerprint density at radius 2 is 2.15 bits per heavy atom. The molecule has 1 aromatic carbocycles. The smallest absolute Gasteiger partial charge is 0.407 e. The SMILES string of the molecule is COc1ccc2c(c1CN1CCC(NC(=O)OC(C)(C)C)C1)OCC2=O. The van der Waals surface area contributed by atoms with Crippen molar-refractivity contribution in [3.8, 4) is 11.5 Å². The summed E-state index contributed by atoms with van der Waals surface area (Å²) in [5.41, 5.74) is 0.988. The Balaban J connectivity index is 1.65. The topological polar surface area (TPSA) is 77.1 Å². The van der Waals surface area contributed by atoms with Crippen LogP contribution in [0.5, 0.6) is 11.5 Å². The minimum absolute atomic E-state index is 0.00482. The largest absolute Gasteiger partial charge is 0.496 e. The molecule has 142 valence electrons. The quantitative estimate of drug-likeness (QED) is 0.886. The van der Waals surface area contributed by atoms with E-state index in [9.17, 15) is 9.59 Å². The standard InChI is InChI=1S/C19H26N2O5/c1-19(2,3)26-18(23)20-12-7-8-21(9-12)10-14-16(24-4)6-5-13-15(22)11-25-17(13)14/h5-6,12H,7-11H2,1-4H3,(H,20,23). The second-order valence-corrected chi connectivity index (χ2v) is 7.70. The van der Waals surface area contributed by atoms with Crippen LogP contribution >= 0.6 is 0 Å². The lowest BCUT2D eigenvalue weighted by atomic mass is 10.1. The molecule has 0 aliphatic carbocycles. The Hall–Kier alpha value is -2.28. The van der Waals surface area contributed by atoms with Gasteiger partial charge in [-0.15, -0.1) is 0 Å². The molecule has 1 fully saturated rings. The number of methoxy groups -OCH3 is 1. The summed E-state index contributed by atoms with van der Waals surface area (Å²) in [7, 11) is 1.61. The second-order valence-electron chi connectivity index (χ2n) is 7.70.